The minimum absolute atomic E-state index is 0.341. The minimum Gasteiger partial charge on any atom is -0.508 e. The van der Waals surface area contributed by atoms with Gasteiger partial charge in [-0.2, -0.15) is 0 Å². The number of fused-ring (bicyclic) bond motifs is 1. The summed E-state index contributed by atoms with van der Waals surface area (Å²) in [5.41, 5.74) is 5.45. The van der Waals surface area contributed by atoms with Gasteiger partial charge in [-0.15, -0.1) is 11.8 Å². The van der Waals surface area contributed by atoms with Gasteiger partial charge in [0.15, 0.2) is 0 Å². The molecule has 2 nitrogen and oxygen atoms in total. The second-order valence-electron chi connectivity index (χ2n) is 6.26. The van der Waals surface area contributed by atoms with Gasteiger partial charge in [0.05, 0.1) is 0 Å². The molecule has 0 bridgehead atoms. The quantitative estimate of drug-likeness (QED) is 0.898. The highest BCUT2D eigenvalue weighted by Gasteiger charge is 2.18. The van der Waals surface area contributed by atoms with Crippen molar-refractivity contribution in [3.05, 3.63) is 65.2 Å². The summed E-state index contributed by atoms with van der Waals surface area (Å²) in [5.74, 6) is 1.47. The van der Waals surface area contributed by atoms with Crippen molar-refractivity contribution in [2.24, 2.45) is 0 Å². The van der Waals surface area contributed by atoms with E-state index in [1.807, 2.05) is 23.9 Å². The largest absolute Gasteiger partial charge is 0.508 e. The van der Waals surface area contributed by atoms with E-state index in [0.717, 1.165) is 30.7 Å². The number of allylic oxidation sites excluding steroid dienone is 1. The zero-order valence-corrected chi connectivity index (χ0v) is 14.6. The molecular formula is C20H23NOS. The normalized spacial score (nSPS) is 14.7. The maximum Gasteiger partial charge on any atom is 0.115 e. The van der Waals surface area contributed by atoms with Crippen LogP contribution in [0.4, 0.5) is 0 Å². The van der Waals surface area contributed by atoms with E-state index in [0.29, 0.717) is 5.75 Å². The first-order valence-electron chi connectivity index (χ1n) is 7.99. The molecule has 0 fully saturated rings. The molecule has 0 aromatic heterocycles. The number of hydrogen-bond acceptors (Lipinski definition) is 3. The lowest BCUT2D eigenvalue weighted by atomic mass is 9.92. The van der Waals surface area contributed by atoms with Crippen LogP contribution in [0.15, 0.2) is 59.0 Å². The predicted octanol–water partition coefficient (Wildman–Crippen LogP) is 4.45. The maximum atomic E-state index is 9.78. The number of rotatable bonds is 4. The zero-order chi connectivity index (χ0) is 16.2. The topological polar surface area (TPSA) is 23.5 Å². The van der Waals surface area contributed by atoms with E-state index in [9.17, 15) is 5.11 Å². The smallest absolute Gasteiger partial charge is 0.115 e. The number of phenolic OH excluding ortho intramolecular Hbond substituents is 1. The molecule has 0 unspecified atom stereocenters. The molecular weight excluding hydrogens is 302 g/mol. The summed E-state index contributed by atoms with van der Waals surface area (Å²) in [5, 5.41) is 9.78. The summed E-state index contributed by atoms with van der Waals surface area (Å²) in [4.78, 5) is 3.62. The van der Waals surface area contributed by atoms with Crippen LogP contribution in [0, 0.1) is 0 Å². The molecule has 2 aromatic carbocycles. The van der Waals surface area contributed by atoms with Gasteiger partial charge >= 0.3 is 0 Å². The van der Waals surface area contributed by atoms with Crippen LogP contribution in [0.25, 0.3) is 5.57 Å². The summed E-state index contributed by atoms with van der Waals surface area (Å²) in [6.45, 7) is 0.989. The van der Waals surface area contributed by atoms with E-state index in [1.165, 1.54) is 21.6 Å². The summed E-state index contributed by atoms with van der Waals surface area (Å²) in [7, 11) is 4.26. The van der Waals surface area contributed by atoms with Crippen molar-refractivity contribution in [1.29, 1.82) is 0 Å². The Bertz CT molecular complexity index is 721. The number of nitrogens with zero attached hydrogens (tertiary/aromatic N) is 1. The average Bonchev–Trinajstić information content (AvgIpc) is 2.67. The molecule has 23 heavy (non-hydrogen) atoms. The number of aromatic hydroxyl groups is 1. The molecule has 0 amide bonds. The molecule has 1 heterocycles. The van der Waals surface area contributed by atoms with Crippen molar-refractivity contribution in [3.8, 4) is 5.75 Å². The molecule has 3 rings (SSSR count). The van der Waals surface area contributed by atoms with E-state index >= 15 is 0 Å². The number of likely N-dealkylation sites (N-methyl/N-ethyl adjacent to an activating group) is 1. The fourth-order valence-corrected chi connectivity index (χ4v) is 4.20. The average molecular weight is 325 g/mol. The summed E-state index contributed by atoms with van der Waals surface area (Å²) >= 11 is 1.95. The van der Waals surface area contributed by atoms with Gasteiger partial charge in [-0.1, -0.05) is 35.9 Å². The fourth-order valence-electron chi connectivity index (χ4n) is 3.11. The molecule has 0 saturated carbocycles. The Kier molecular flexibility index (Phi) is 5.09. The van der Waals surface area contributed by atoms with E-state index in [-0.39, 0.29) is 0 Å². The van der Waals surface area contributed by atoms with Gasteiger partial charge in [0, 0.05) is 17.2 Å². The summed E-state index contributed by atoms with van der Waals surface area (Å²) < 4.78 is 0. The van der Waals surface area contributed by atoms with Crippen LogP contribution in [-0.2, 0) is 6.42 Å². The molecule has 3 heteroatoms. The van der Waals surface area contributed by atoms with Crippen molar-refractivity contribution < 1.29 is 5.11 Å². The predicted molar refractivity (Wildman–Crippen MR) is 99.1 cm³/mol. The van der Waals surface area contributed by atoms with E-state index in [4.69, 9.17) is 0 Å². The second kappa shape index (κ2) is 7.24. The molecule has 0 saturated heterocycles. The van der Waals surface area contributed by atoms with Crippen LogP contribution in [0.5, 0.6) is 5.75 Å². The van der Waals surface area contributed by atoms with Crippen molar-refractivity contribution in [2.45, 2.75) is 17.7 Å². The second-order valence-corrected chi connectivity index (χ2v) is 7.40. The molecule has 1 aliphatic heterocycles. The van der Waals surface area contributed by atoms with Crippen LogP contribution in [-0.4, -0.2) is 36.4 Å². The number of thioether (sulfide) groups is 1. The van der Waals surface area contributed by atoms with Gasteiger partial charge in [0.2, 0.25) is 0 Å². The maximum absolute atomic E-state index is 9.78. The summed E-state index contributed by atoms with van der Waals surface area (Å²) in [6.07, 6.45) is 1.99. The third-order valence-corrected chi connectivity index (χ3v) is 5.17. The highest BCUT2D eigenvalue weighted by Crippen LogP contribution is 2.37. The molecule has 1 N–H and O–H groups in total. The zero-order valence-electron chi connectivity index (χ0n) is 13.7. The van der Waals surface area contributed by atoms with Gasteiger partial charge in [-0.05, 0) is 61.8 Å². The van der Waals surface area contributed by atoms with Gasteiger partial charge < -0.3 is 10.0 Å². The van der Waals surface area contributed by atoms with Crippen molar-refractivity contribution in [2.75, 3.05) is 26.4 Å². The lowest BCUT2D eigenvalue weighted by molar-refractivity contribution is 0.441. The molecule has 1 aliphatic rings. The number of benzene rings is 2. The summed E-state index contributed by atoms with van der Waals surface area (Å²) in [6, 6.07) is 16.3. The van der Waals surface area contributed by atoms with Crippen LogP contribution in [0.1, 0.15) is 17.5 Å². The van der Waals surface area contributed by atoms with Gasteiger partial charge in [-0.25, -0.2) is 0 Å². The SMILES string of the molecule is CN(C)CC1=C(Cc2cccc(O)c2)c2ccccc2SCC1. The molecule has 0 spiro atoms. The van der Waals surface area contributed by atoms with E-state index in [2.05, 4.69) is 49.3 Å². The van der Waals surface area contributed by atoms with E-state index in [1.54, 1.807) is 6.07 Å². The fraction of sp³-hybridized carbons (Fsp3) is 0.300. The number of hydrogen-bond donors (Lipinski definition) is 1. The standard InChI is InChI=1S/C20H23NOS/c1-21(2)14-16-10-11-23-20-9-4-3-8-18(20)19(16)13-15-6-5-7-17(22)12-15/h3-9,12,22H,10-11,13-14H2,1-2H3. The third kappa shape index (κ3) is 3.98. The third-order valence-electron chi connectivity index (χ3n) is 4.10. The van der Waals surface area contributed by atoms with Gasteiger partial charge in [0.1, 0.15) is 5.75 Å². The molecule has 0 aliphatic carbocycles. The number of phenols is 1. The monoisotopic (exact) mass is 325 g/mol. The minimum atomic E-state index is 0.341. The van der Waals surface area contributed by atoms with Gasteiger partial charge in [-0.3, -0.25) is 0 Å². The highest BCUT2D eigenvalue weighted by molar-refractivity contribution is 7.99. The molecule has 0 radical (unpaired) electrons. The Labute approximate surface area is 142 Å². The van der Waals surface area contributed by atoms with E-state index < -0.39 is 0 Å². The van der Waals surface area contributed by atoms with Crippen molar-refractivity contribution in [1.82, 2.24) is 4.90 Å². The highest BCUT2D eigenvalue weighted by atomic mass is 32.2. The lowest BCUT2D eigenvalue weighted by Crippen LogP contribution is -2.17. The van der Waals surface area contributed by atoms with Crippen LogP contribution in [0.2, 0.25) is 0 Å². The molecule has 2 aromatic rings. The first kappa shape index (κ1) is 16.2. The lowest BCUT2D eigenvalue weighted by Gasteiger charge is -2.18. The Morgan fingerprint density at radius 1 is 1.09 bits per heavy atom. The Morgan fingerprint density at radius 3 is 2.70 bits per heavy atom. The Morgan fingerprint density at radius 2 is 1.91 bits per heavy atom. The van der Waals surface area contributed by atoms with Crippen LogP contribution >= 0.6 is 11.8 Å². The Hall–Kier alpha value is -1.71. The Balaban J connectivity index is 2.06. The van der Waals surface area contributed by atoms with Crippen LogP contribution < -0.4 is 0 Å². The van der Waals surface area contributed by atoms with Crippen molar-refractivity contribution >= 4 is 17.3 Å². The molecule has 120 valence electrons. The van der Waals surface area contributed by atoms with Crippen LogP contribution in [0.3, 0.4) is 0 Å². The first-order valence-corrected chi connectivity index (χ1v) is 8.98. The van der Waals surface area contributed by atoms with Crippen molar-refractivity contribution in [3.63, 3.8) is 0 Å². The first-order chi connectivity index (χ1) is 11.1. The van der Waals surface area contributed by atoms with Gasteiger partial charge in [0.25, 0.3) is 0 Å². The molecule has 0 atom stereocenters.